The molecule has 2 N–H and O–H groups in total. The maximum atomic E-state index is 14.4. The van der Waals surface area contributed by atoms with E-state index in [-0.39, 0.29) is 48.1 Å². The van der Waals surface area contributed by atoms with E-state index in [1.165, 1.54) is 30.6 Å². The normalized spacial score (nSPS) is 20.3. The molecule has 4 rings (SSSR count). The lowest BCUT2D eigenvalue weighted by atomic mass is 10.0. The first-order valence-electron chi connectivity index (χ1n) is 16.3. The fraction of sp³-hybridized carbons (Fsp3) is 0.444. The number of ether oxygens (including phenoxy) is 3. The van der Waals surface area contributed by atoms with Gasteiger partial charge in [0, 0.05) is 43.9 Å². The summed E-state index contributed by atoms with van der Waals surface area (Å²) < 4.78 is 46.1. The molecule has 0 saturated heterocycles. The van der Waals surface area contributed by atoms with Crippen molar-refractivity contribution in [3.63, 3.8) is 0 Å². The topological polar surface area (TPSA) is 135 Å². The first-order chi connectivity index (χ1) is 22.9. The summed E-state index contributed by atoms with van der Waals surface area (Å²) in [5.41, 5.74) is 1.14. The Morgan fingerprint density at radius 1 is 1.08 bits per heavy atom. The van der Waals surface area contributed by atoms with Gasteiger partial charge in [0.15, 0.2) is 0 Å². The zero-order valence-electron chi connectivity index (χ0n) is 28.3. The molecule has 0 radical (unpaired) electrons. The lowest BCUT2D eigenvalue weighted by molar-refractivity contribution is -0.00834. The van der Waals surface area contributed by atoms with Crippen molar-refractivity contribution in [2.45, 2.75) is 63.2 Å². The quantitative estimate of drug-likeness (QED) is 0.320. The number of aliphatic hydroxyl groups excluding tert-OH is 1. The Balaban J connectivity index is 1.64. The molecular weight excluding hydrogens is 634 g/mol. The van der Waals surface area contributed by atoms with Crippen LogP contribution in [0.25, 0.3) is 0 Å². The Hall–Kier alpha value is -3.97. The van der Waals surface area contributed by atoms with Crippen molar-refractivity contribution in [3.8, 4) is 11.5 Å². The molecule has 0 aromatic heterocycles. The summed E-state index contributed by atoms with van der Waals surface area (Å²) in [5.74, 6) is -0.112. The van der Waals surface area contributed by atoms with Gasteiger partial charge in [-0.1, -0.05) is 25.1 Å². The summed E-state index contributed by atoms with van der Waals surface area (Å²) in [7, 11) is -0.818. The van der Waals surface area contributed by atoms with Crippen LogP contribution in [0.2, 0.25) is 0 Å². The van der Waals surface area contributed by atoms with Gasteiger partial charge >= 0.3 is 0 Å². The second-order valence-electron chi connectivity index (χ2n) is 12.3. The highest BCUT2D eigenvalue weighted by atomic mass is 32.2. The van der Waals surface area contributed by atoms with Crippen molar-refractivity contribution in [1.29, 1.82) is 0 Å². The monoisotopic (exact) mass is 681 g/mol. The maximum Gasteiger partial charge on any atom is 0.258 e. The van der Waals surface area contributed by atoms with Gasteiger partial charge in [0.2, 0.25) is 10.0 Å². The molecule has 48 heavy (non-hydrogen) atoms. The largest absolute Gasteiger partial charge is 0.497 e. The third-order valence-electron chi connectivity index (χ3n) is 8.55. The summed E-state index contributed by atoms with van der Waals surface area (Å²) in [6.07, 6.45) is 1.45. The van der Waals surface area contributed by atoms with Crippen LogP contribution in [0, 0.1) is 5.92 Å². The lowest BCUT2D eigenvalue weighted by Gasteiger charge is -2.35. The highest BCUT2D eigenvalue weighted by Crippen LogP contribution is 2.29. The van der Waals surface area contributed by atoms with E-state index in [1.807, 2.05) is 19.9 Å². The molecule has 260 valence electrons. The Morgan fingerprint density at radius 2 is 1.79 bits per heavy atom. The molecule has 1 heterocycles. The van der Waals surface area contributed by atoms with Crippen molar-refractivity contribution in [2.24, 2.45) is 5.92 Å². The minimum atomic E-state index is -3.85. The van der Waals surface area contributed by atoms with E-state index >= 15 is 0 Å². The van der Waals surface area contributed by atoms with E-state index in [1.54, 1.807) is 66.4 Å². The highest BCUT2D eigenvalue weighted by molar-refractivity contribution is 7.89. The number of sulfonamides is 1. The number of aliphatic hydroxyl groups is 1. The minimum absolute atomic E-state index is 0.0524. The van der Waals surface area contributed by atoms with Gasteiger partial charge in [-0.05, 0) is 87.7 Å². The fourth-order valence-corrected chi connectivity index (χ4v) is 6.72. The molecular formula is C36H47N3O8S. The lowest BCUT2D eigenvalue weighted by Crippen LogP contribution is -2.48. The molecule has 3 aromatic carbocycles. The molecule has 12 heteroatoms. The van der Waals surface area contributed by atoms with Crippen LogP contribution in [0.1, 0.15) is 60.7 Å². The molecule has 3 aromatic rings. The van der Waals surface area contributed by atoms with Crippen molar-refractivity contribution >= 4 is 27.5 Å². The maximum absolute atomic E-state index is 14.4. The first-order valence-corrected chi connectivity index (χ1v) is 17.7. The molecule has 0 aliphatic carbocycles. The van der Waals surface area contributed by atoms with Gasteiger partial charge in [-0.25, -0.2) is 8.42 Å². The second-order valence-corrected chi connectivity index (χ2v) is 14.3. The number of rotatable bonds is 9. The van der Waals surface area contributed by atoms with E-state index in [9.17, 15) is 23.1 Å². The van der Waals surface area contributed by atoms with Crippen LogP contribution in [0.15, 0.2) is 77.7 Å². The number of carbonyl (C=O) groups is 2. The Labute approximate surface area is 283 Å². The second kappa shape index (κ2) is 16.9. The van der Waals surface area contributed by atoms with E-state index < -0.39 is 28.1 Å². The van der Waals surface area contributed by atoms with Gasteiger partial charge in [-0.2, -0.15) is 4.31 Å². The summed E-state index contributed by atoms with van der Waals surface area (Å²) in [6, 6.07) is 19.4. The average Bonchev–Trinajstić information content (AvgIpc) is 3.09. The van der Waals surface area contributed by atoms with Crippen molar-refractivity contribution in [2.75, 3.05) is 45.8 Å². The third-order valence-corrected chi connectivity index (χ3v) is 10.4. The van der Waals surface area contributed by atoms with E-state index in [0.717, 1.165) is 12.8 Å². The van der Waals surface area contributed by atoms with Crippen LogP contribution in [-0.2, 0) is 14.8 Å². The number of methoxy groups -OCH3 is 1. The van der Waals surface area contributed by atoms with Crippen LogP contribution in [-0.4, -0.2) is 93.3 Å². The number of carbonyl (C=O) groups excluding carboxylic acids is 2. The minimum Gasteiger partial charge on any atom is -0.497 e. The van der Waals surface area contributed by atoms with Crippen LogP contribution < -0.4 is 14.8 Å². The van der Waals surface area contributed by atoms with E-state index in [0.29, 0.717) is 35.8 Å². The number of nitrogens with one attached hydrogen (secondary N) is 1. The Kier molecular flexibility index (Phi) is 13.0. The van der Waals surface area contributed by atoms with Crippen LogP contribution in [0.5, 0.6) is 11.5 Å². The molecule has 0 spiro atoms. The van der Waals surface area contributed by atoms with Crippen LogP contribution in [0.4, 0.5) is 5.69 Å². The summed E-state index contributed by atoms with van der Waals surface area (Å²) >= 11 is 0. The number of benzene rings is 3. The number of hydrogen-bond acceptors (Lipinski definition) is 8. The van der Waals surface area contributed by atoms with Crippen molar-refractivity contribution in [1.82, 2.24) is 9.21 Å². The van der Waals surface area contributed by atoms with Crippen molar-refractivity contribution in [3.05, 3.63) is 83.9 Å². The van der Waals surface area contributed by atoms with Gasteiger partial charge in [-0.3, -0.25) is 9.59 Å². The van der Waals surface area contributed by atoms with Gasteiger partial charge in [0.05, 0.1) is 42.4 Å². The van der Waals surface area contributed by atoms with E-state index in [2.05, 4.69) is 5.32 Å². The summed E-state index contributed by atoms with van der Waals surface area (Å²) in [5, 5.41) is 13.1. The molecule has 0 saturated carbocycles. The molecule has 2 amide bonds. The molecule has 1 aliphatic rings. The summed E-state index contributed by atoms with van der Waals surface area (Å²) in [6.45, 7) is 5.91. The van der Waals surface area contributed by atoms with Gasteiger partial charge in [0.25, 0.3) is 11.8 Å². The average molecular weight is 682 g/mol. The molecule has 0 fully saturated rings. The smallest absolute Gasteiger partial charge is 0.258 e. The van der Waals surface area contributed by atoms with Crippen LogP contribution in [0.3, 0.4) is 0 Å². The predicted octanol–water partition coefficient (Wildman–Crippen LogP) is 5.06. The van der Waals surface area contributed by atoms with Crippen LogP contribution >= 0.6 is 0 Å². The molecule has 11 nitrogen and oxygen atoms in total. The Bertz CT molecular complexity index is 1620. The molecule has 0 unspecified atom stereocenters. The SMILES string of the molecule is COc1ccc(S(=O)(=O)N(C)C[C@H]2OCCCC[C@H](C)Oc3ccc(NC(=O)c4ccccc4)cc3C(=O)N([C@@H](C)CO)C[C@H]2C)cc1. The van der Waals surface area contributed by atoms with Crippen molar-refractivity contribution < 1.29 is 37.3 Å². The highest BCUT2D eigenvalue weighted by Gasteiger charge is 2.32. The number of nitrogens with zero attached hydrogens (tertiary/aromatic N) is 2. The van der Waals surface area contributed by atoms with Gasteiger partial charge in [-0.15, -0.1) is 0 Å². The Morgan fingerprint density at radius 3 is 2.46 bits per heavy atom. The first kappa shape index (κ1) is 36.9. The number of likely N-dealkylation sites (N-methyl/N-ethyl adjacent to an activating group) is 1. The zero-order chi connectivity index (χ0) is 34.8. The zero-order valence-corrected chi connectivity index (χ0v) is 29.1. The standard InChI is InChI=1S/C36H47N3O8S/c1-25-22-39(26(2)24-40)36(42)32-21-29(37-35(41)28-12-7-6-8-13-28)14-19-33(32)47-27(3)11-9-10-20-46-34(25)23-38(4)48(43,44)31-17-15-30(45-5)16-18-31/h6-8,12-19,21,25-27,34,40H,9-11,20,22-24H2,1-5H3,(H,37,41)/t25-,26+,27+,34-/m1/s1. The summed E-state index contributed by atoms with van der Waals surface area (Å²) in [4.78, 5) is 29.0. The van der Waals surface area contributed by atoms with E-state index in [4.69, 9.17) is 14.2 Å². The molecule has 0 bridgehead atoms. The van der Waals surface area contributed by atoms with Gasteiger partial charge < -0.3 is 29.5 Å². The van der Waals surface area contributed by atoms with Gasteiger partial charge in [0.1, 0.15) is 11.5 Å². The predicted molar refractivity (Wildman–Crippen MR) is 184 cm³/mol. The number of anilines is 1. The number of amides is 2. The fourth-order valence-electron chi connectivity index (χ4n) is 5.53. The number of hydrogen-bond donors (Lipinski definition) is 2. The molecule has 1 aliphatic heterocycles. The number of fused-ring (bicyclic) bond motifs is 1. The molecule has 4 atom stereocenters. The third kappa shape index (κ3) is 9.34.